The summed E-state index contributed by atoms with van der Waals surface area (Å²) in [6.07, 6.45) is 1.71. The first-order chi connectivity index (χ1) is 7.13. The van der Waals surface area contributed by atoms with Crippen molar-refractivity contribution in [1.82, 2.24) is 0 Å². The first-order valence-corrected chi connectivity index (χ1v) is 5.50. The molecule has 86 valence electrons. The number of ether oxygens (including phenoxy) is 2. The lowest BCUT2D eigenvalue weighted by atomic mass is 9.98. The summed E-state index contributed by atoms with van der Waals surface area (Å²) in [7, 11) is 1.58. The molecule has 0 aromatic carbocycles. The second-order valence-electron chi connectivity index (χ2n) is 4.73. The van der Waals surface area contributed by atoms with Crippen molar-refractivity contribution >= 4 is 5.97 Å². The normalized spacial score (nSPS) is 44.3. The van der Waals surface area contributed by atoms with Gasteiger partial charge in [0.25, 0.3) is 0 Å². The molecule has 1 aliphatic heterocycles. The summed E-state index contributed by atoms with van der Waals surface area (Å²) in [6, 6.07) is 0. The maximum atomic E-state index is 11.0. The number of carboxylic acid groups (broad SMARTS) is 1. The first-order valence-electron chi connectivity index (χ1n) is 5.50. The Labute approximate surface area is 89.6 Å². The molecule has 1 saturated heterocycles. The molecule has 0 spiro atoms. The Morgan fingerprint density at radius 1 is 1.53 bits per heavy atom. The molecule has 0 aromatic heterocycles. The highest BCUT2D eigenvalue weighted by Crippen LogP contribution is 2.47. The van der Waals surface area contributed by atoms with Crippen molar-refractivity contribution in [1.29, 1.82) is 0 Å². The van der Waals surface area contributed by atoms with E-state index in [0.29, 0.717) is 24.9 Å². The molecule has 4 heteroatoms. The van der Waals surface area contributed by atoms with E-state index >= 15 is 0 Å². The van der Waals surface area contributed by atoms with E-state index in [9.17, 15) is 4.79 Å². The second kappa shape index (κ2) is 4.10. The third kappa shape index (κ3) is 2.16. The van der Waals surface area contributed by atoms with Crippen LogP contribution in [-0.4, -0.2) is 37.0 Å². The monoisotopic (exact) mass is 214 g/mol. The smallest absolute Gasteiger partial charge is 0.309 e. The van der Waals surface area contributed by atoms with Crippen LogP contribution in [0.5, 0.6) is 0 Å². The molecular weight excluding hydrogens is 196 g/mol. The van der Waals surface area contributed by atoms with Crippen LogP contribution in [-0.2, 0) is 14.3 Å². The molecule has 5 atom stereocenters. The molecule has 5 unspecified atom stereocenters. The second-order valence-corrected chi connectivity index (χ2v) is 4.73. The van der Waals surface area contributed by atoms with E-state index in [2.05, 4.69) is 6.92 Å². The summed E-state index contributed by atoms with van der Waals surface area (Å²) < 4.78 is 10.8. The molecule has 1 heterocycles. The third-order valence-corrected chi connectivity index (χ3v) is 3.58. The van der Waals surface area contributed by atoms with Crippen molar-refractivity contribution in [2.24, 2.45) is 17.8 Å². The zero-order valence-electron chi connectivity index (χ0n) is 9.18. The van der Waals surface area contributed by atoms with Crippen LogP contribution in [0.3, 0.4) is 0 Å². The lowest BCUT2D eigenvalue weighted by Gasteiger charge is -2.14. The first kappa shape index (κ1) is 10.9. The number of carboxylic acids is 1. The SMILES string of the molecule is COCC1OC(C2CC2C)CC1C(=O)O. The van der Waals surface area contributed by atoms with Crippen LogP contribution >= 0.6 is 0 Å². The fourth-order valence-electron chi connectivity index (χ4n) is 2.50. The van der Waals surface area contributed by atoms with Crippen LogP contribution in [0.4, 0.5) is 0 Å². The molecule has 15 heavy (non-hydrogen) atoms. The van der Waals surface area contributed by atoms with Crippen LogP contribution in [0.2, 0.25) is 0 Å². The number of aliphatic carboxylic acids is 1. The largest absolute Gasteiger partial charge is 0.481 e. The minimum absolute atomic E-state index is 0.140. The number of hydrogen-bond acceptors (Lipinski definition) is 3. The van der Waals surface area contributed by atoms with Gasteiger partial charge in [-0.1, -0.05) is 6.92 Å². The van der Waals surface area contributed by atoms with Crippen LogP contribution in [0.15, 0.2) is 0 Å². The van der Waals surface area contributed by atoms with Gasteiger partial charge in [-0.2, -0.15) is 0 Å². The molecule has 4 nitrogen and oxygen atoms in total. The molecule has 0 radical (unpaired) electrons. The van der Waals surface area contributed by atoms with E-state index in [0.717, 1.165) is 0 Å². The van der Waals surface area contributed by atoms with Crippen LogP contribution in [0, 0.1) is 17.8 Å². The van der Waals surface area contributed by atoms with Gasteiger partial charge >= 0.3 is 5.97 Å². The highest BCUT2D eigenvalue weighted by Gasteiger charge is 2.49. The van der Waals surface area contributed by atoms with Crippen LogP contribution < -0.4 is 0 Å². The summed E-state index contributed by atoms with van der Waals surface area (Å²) in [5, 5.41) is 9.06. The fraction of sp³-hybridized carbons (Fsp3) is 0.909. The topological polar surface area (TPSA) is 55.8 Å². The molecule has 1 N–H and O–H groups in total. The number of carbonyl (C=O) groups is 1. The van der Waals surface area contributed by atoms with E-state index in [-0.39, 0.29) is 18.1 Å². The molecule has 2 aliphatic rings. The summed E-state index contributed by atoms with van der Waals surface area (Å²) >= 11 is 0. The van der Waals surface area contributed by atoms with E-state index in [1.807, 2.05) is 0 Å². The summed E-state index contributed by atoms with van der Waals surface area (Å²) in [5.41, 5.74) is 0. The fourth-order valence-corrected chi connectivity index (χ4v) is 2.50. The summed E-state index contributed by atoms with van der Waals surface area (Å²) in [4.78, 5) is 11.0. The van der Waals surface area contributed by atoms with E-state index in [4.69, 9.17) is 14.6 Å². The van der Waals surface area contributed by atoms with Gasteiger partial charge in [0.1, 0.15) is 0 Å². The molecule has 1 saturated carbocycles. The molecular formula is C11H18O4. The highest BCUT2D eigenvalue weighted by atomic mass is 16.5. The minimum Gasteiger partial charge on any atom is -0.481 e. The van der Waals surface area contributed by atoms with Gasteiger partial charge in [-0.25, -0.2) is 0 Å². The lowest BCUT2D eigenvalue weighted by molar-refractivity contribution is -0.144. The van der Waals surface area contributed by atoms with Crippen molar-refractivity contribution in [3.8, 4) is 0 Å². The number of hydrogen-bond donors (Lipinski definition) is 1. The van der Waals surface area contributed by atoms with E-state index in [1.54, 1.807) is 7.11 Å². The van der Waals surface area contributed by atoms with Crippen molar-refractivity contribution in [2.45, 2.75) is 32.0 Å². The molecule has 0 amide bonds. The van der Waals surface area contributed by atoms with E-state index in [1.165, 1.54) is 6.42 Å². The van der Waals surface area contributed by atoms with Gasteiger partial charge < -0.3 is 14.6 Å². The van der Waals surface area contributed by atoms with Gasteiger partial charge in [0, 0.05) is 7.11 Å². The number of rotatable bonds is 4. The van der Waals surface area contributed by atoms with Gasteiger partial charge in [0.2, 0.25) is 0 Å². The Kier molecular flexibility index (Phi) is 2.98. The molecule has 2 fully saturated rings. The standard InChI is InChI=1S/C11H18O4/c1-6-3-7(6)9-4-8(11(12)13)10(15-9)5-14-2/h6-10H,3-5H2,1-2H3,(H,12,13). The zero-order chi connectivity index (χ0) is 11.0. The molecule has 0 bridgehead atoms. The van der Waals surface area contributed by atoms with Crippen molar-refractivity contribution in [2.75, 3.05) is 13.7 Å². The third-order valence-electron chi connectivity index (χ3n) is 3.58. The Morgan fingerprint density at radius 3 is 2.67 bits per heavy atom. The Hall–Kier alpha value is -0.610. The van der Waals surface area contributed by atoms with Gasteiger partial charge in [0.05, 0.1) is 24.7 Å². The van der Waals surface area contributed by atoms with Gasteiger partial charge in [-0.3, -0.25) is 4.79 Å². The molecule has 2 rings (SSSR count). The average molecular weight is 214 g/mol. The lowest BCUT2D eigenvalue weighted by Crippen LogP contribution is -2.27. The molecule has 1 aliphatic carbocycles. The highest BCUT2D eigenvalue weighted by molar-refractivity contribution is 5.71. The predicted octanol–water partition coefficient (Wildman–Crippen LogP) is 1.15. The maximum absolute atomic E-state index is 11.0. The summed E-state index contributed by atoms with van der Waals surface area (Å²) in [6.45, 7) is 2.57. The minimum atomic E-state index is -0.757. The van der Waals surface area contributed by atoms with Crippen molar-refractivity contribution in [3.05, 3.63) is 0 Å². The van der Waals surface area contributed by atoms with E-state index < -0.39 is 5.97 Å². The van der Waals surface area contributed by atoms with Crippen LogP contribution in [0.1, 0.15) is 19.8 Å². The van der Waals surface area contributed by atoms with Gasteiger partial charge in [-0.05, 0) is 24.7 Å². The predicted molar refractivity (Wildman–Crippen MR) is 53.6 cm³/mol. The van der Waals surface area contributed by atoms with Crippen LogP contribution in [0.25, 0.3) is 0 Å². The zero-order valence-corrected chi connectivity index (χ0v) is 9.18. The Bertz CT molecular complexity index is 253. The van der Waals surface area contributed by atoms with Crippen molar-refractivity contribution < 1.29 is 19.4 Å². The Morgan fingerprint density at radius 2 is 2.20 bits per heavy atom. The summed E-state index contributed by atoms with van der Waals surface area (Å²) in [5.74, 6) is 0.134. The average Bonchev–Trinajstić information content (AvgIpc) is 2.76. The molecule has 0 aromatic rings. The van der Waals surface area contributed by atoms with Crippen molar-refractivity contribution in [3.63, 3.8) is 0 Å². The quantitative estimate of drug-likeness (QED) is 0.762. The Balaban J connectivity index is 1.95. The number of methoxy groups -OCH3 is 1. The maximum Gasteiger partial charge on any atom is 0.309 e. The van der Waals surface area contributed by atoms with Gasteiger partial charge in [0.15, 0.2) is 0 Å². The van der Waals surface area contributed by atoms with Gasteiger partial charge in [-0.15, -0.1) is 0 Å².